The fourth-order valence-corrected chi connectivity index (χ4v) is 4.11. The molecule has 0 heterocycles. The van der Waals surface area contributed by atoms with E-state index in [9.17, 15) is 0 Å². The Bertz CT molecular complexity index is 95.2. The first-order valence-electron chi connectivity index (χ1n) is 4.99. The van der Waals surface area contributed by atoms with Gasteiger partial charge in [-0.2, -0.15) is 0 Å². The zero-order chi connectivity index (χ0) is 9.56. The SMILES string of the molecule is CC(C)CN[SiH]([SiH3])NCC(C)C. The Kier molecular flexibility index (Phi) is 7.03. The quantitative estimate of drug-likeness (QED) is 0.573. The molecule has 0 saturated carbocycles. The first kappa shape index (κ1) is 12.4. The number of nitrogens with one attached hydrogen (secondary N) is 2. The van der Waals surface area contributed by atoms with E-state index in [0.717, 1.165) is 11.8 Å². The average Bonchev–Trinajstić information content (AvgIpc) is 1.96. The Labute approximate surface area is 81.5 Å². The van der Waals surface area contributed by atoms with E-state index in [-0.39, 0.29) is 0 Å². The van der Waals surface area contributed by atoms with Gasteiger partial charge in [0.2, 0.25) is 0 Å². The minimum absolute atomic E-state index is 0.675. The maximum Gasteiger partial charge on any atom is 0.159 e. The van der Waals surface area contributed by atoms with Crippen molar-refractivity contribution in [2.75, 3.05) is 13.1 Å². The Morgan fingerprint density at radius 2 is 1.33 bits per heavy atom. The van der Waals surface area contributed by atoms with E-state index in [2.05, 4.69) is 37.7 Å². The van der Waals surface area contributed by atoms with Crippen LogP contribution in [0.25, 0.3) is 0 Å². The zero-order valence-corrected chi connectivity index (χ0v) is 12.3. The van der Waals surface area contributed by atoms with Crippen LogP contribution in [0.2, 0.25) is 0 Å². The van der Waals surface area contributed by atoms with E-state index in [1.165, 1.54) is 22.8 Å². The van der Waals surface area contributed by atoms with Crippen molar-refractivity contribution in [1.82, 2.24) is 9.96 Å². The standard InChI is InChI=1S/C8H24N2Si2/c1-7(2)5-9-12(11)10-6-8(3)4/h7-10,12H,5-6H2,1-4,11H3. The van der Waals surface area contributed by atoms with Gasteiger partial charge in [0.1, 0.15) is 0 Å². The molecule has 0 bridgehead atoms. The van der Waals surface area contributed by atoms with E-state index in [1.807, 2.05) is 0 Å². The molecule has 74 valence electrons. The van der Waals surface area contributed by atoms with Crippen LogP contribution in [0.15, 0.2) is 0 Å². The van der Waals surface area contributed by atoms with Gasteiger partial charge in [-0.3, -0.25) is 0 Å². The van der Waals surface area contributed by atoms with E-state index < -0.39 is 8.64 Å². The van der Waals surface area contributed by atoms with Crippen LogP contribution in [0.5, 0.6) is 0 Å². The molecule has 0 aromatic carbocycles. The van der Waals surface area contributed by atoms with Crippen LogP contribution in [0.1, 0.15) is 27.7 Å². The van der Waals surface area contributed by atoms with Gasteiger partial charge in [0.15, 0.2) is 8.64 Å². The first-order chi connectivity index (χ1) is 5.52. The van der Waals surface area contributed by atoms with E-state index >= 15 is 0 Å². The molecule has 0 radical (unpaired) electrons. The lowest BCUT2D eigenvalue weighted by Crippen LogP contribution is -2.50. The van der Waals surface area contributed by atoms with Crippen molar-refractivity contribution in [3.8, 4) is 0 Å². The average molecular weight is 204 g/mol. The van der Waals surface area contributed by atoms with Crippen LogP contribution < -0.4 is 9.96 Å². The summed E-state index contributed by atoms with van der Waals surface area (Å²) in [4.78, 5) is 7.25. The molecule has 2 nitrogen and oxygen atoms in total. The fourth-order valence-electron chi connectivity index (χ4n) is 0.897. The lowest BCUT2D eigenvalue weighted by molar-refractivity contribution is 0.605. The lowest BCUT2D eigenvalue weighted by Gasteiger charge is -2.16. The van der Waals surface area contributed by atoms with E-state index in [1.54, 1.807) is 0 Å². The summed E-state index contributed by atoms with van der Waals surface area (Å²) in [5.41, 5.74) is 0. The molecule has 0 rings (SSSR count). The van der Waals surface area contributed by atoms with Gasteiger partial charge in [0, 0.05) is 9.76 Å². The topological polar surface area (TPSA) is 24.1 Å². The molecule has 12 heavy (non-hydrogen) atoms. The second-order valence-corrected chi connectivity index (χ2v) is 10.0. The Balaban J connectivity index is 3.27. The minimum Gasteiger partial charge on any atom is -0.330 e. The smallest absolute Gasteiger partial charge is 0.159 e. The summed E-state index contributed by atoms with van der Waals surface area (Å²) < 4.78 is 0. The highest BCUT2D eigenvalue weighted by atomic mass is 29.2. The number of rotatable bonds is 6. The summed E-state index contributed by atoms with van der Waals surface area (Å²) >= 11 is 0. The number of hydrogen-bond donors (Lipinski definition) is 2. The summed E-state index contributed by atoms with van der Waals surface area (Å²) in [5.74, 6) is 1.57. The summed E-state index contributed by atoms with van der Waals surface area (Å²) in [6.45, 7) is 11.4. The monoisotopic (exact) mass is 204 g/mol. The molecule has 0 aromatic heterocycles. The summed E-state index contributed by atoms with van der Waals surface area (Å²) in [6, 6.07) is 0. The van der Waals surface area contributed by atoms with Crippen LogP contribution in [0.4, 0.5) is 0 Å². The molecule has 2 N–H and O–H groups in total. The minimum atomic E-state index is -0.675. The van der Waals surface area contributed by atoms with Gasteiger partial charge < -0.3 is 9.96 Å². The van der Waals surface area contributed by atoms with Gasteiger partial charge in [-0.1, -0.05) is 27.7 Å². The van der Waals surface area contributed by atoms with Gasteiger partial charge in [-0.25, -0.2) is 0 Å². The second kappa shape index (κ2) is 6.83. The maximum atomic E-state index is 3.63. The molecule has 0 aliphatic carbocycles. The van der Waals surface area contributed by atoms with Gasteiger partial charge in [0.05, 0.1) is 0 Å². The lowest BCUT2D eigenvalue weighted by atomic mass is 10.2. The molecule has 4 heteroatoms. The molecular formula is C8H24N2Si2. The van der Waals surface area contributed by atoms with Crippen LogP contribution in [-0.4, -0.2) is 31.5 Å². The summed E-state index contributed by atoms with van der Waals surface area (Å²) in [5, 5.41) is 0. The van der Waals surface area contributed by atoms with Gasteiger partial charge >= 0.3 is 0 Å². The van der Waals surface area contributed by atoms with Gasteiger partial charge in [-0.05, 0) is 24.9 Å². The van der Waals surface area contributed by atoms with Crippen LogP contribution in [-0.2, 0) is 0 Å². The van der Waals surface area contributed by atoms with Gasteiger partial charge in [-0.15, -0.1) is 0 Å². The van der Waals surface area contributed by atoms with Crippen LogP contribution >= 0.6 is 0 Å². The molecule has 0 atom stereocenters. The normalized spacial score (nSPS) is 12.2. The zero-order valence-electron chi connectivity index (χ0n) is 9.15. The highest BCUT2D eigenvalue weighted by molar-refractivity contribution is 7.00. The predicted molar refractivity (Wildman–Crippen MR) is 62.8 cm³/mol. The van der Waals surface area contributed by atoms with Crippen LogP contribution in [0.3, 0.4) is 0 Å². The summed E-state index contributed by atoms with van der Waals surface area (Å²) in [7, 11) is 0.641. The molecule has 0 aliphatic heterocycles. The molecular weight excluding hydrogens is 180 g/mol. The third kappa shape index (κ3) is 8.45. The third-order valence-corrected chi connectivity index (χ3v) is 5.81. The Morgan fingerprint density at radius 3 is 1.58 bits per heavy atom. The summed E-state index contributed by atoms with van der Waals surface area (Å²) in [6.07, 6.45) is 0. The highest BCUT2D eigenvalue weighted by Crippen LogP contribution is 1.88. The van der Waals surface area contributed by atoms with E-state index in [4.69, 9.17) is 0 Å². The Hall–Kier alpha value is 0.354. The Morgan fingerprint density at radius 1 is 1.00 bits per heavy atom. The van der Waals surface area contributed by atoms with Crippen molar-refractivity contribution in [2.24, 2.45) is 11.8 Å². The first-order valence-corrected chi connectivity index (χ1v) is 10.8. The molecule has 0 saturated heterocycles. The van der Waals surface area contributed by atoms with Crippen molar-refractivity contribution >= 4 is 18.4 Å². The van der Waals surface area contributed by atoms with Crippen molar-refractivity contribution in [1.29, 1.82) is 0 Å². The van der Waals surface area contributed by atoms with Crippen molar-refractivity contribution in [3.63, 3.8) is 0 Å². The molecule has 0 aliphatic rings. The number of hydrogen-bond acceptors (Lipinski definition) is 2. The van der Waals surface area contributed by atoms with Crippen molar-refractivity contribution in [2.45, 2.75) is 27.7 Å². The molecule has 0 spiro atoms. The predicted octanol–water partition coefficient (Wildman–Crippen LogP) is -0.440. The fraction of sp³-hybridized carbons (Fsp3) is 1.00. The van der Waals surface area contributed by atoms with Crippen molar-refractivity contribution < 1.29 is 0 Å². The third-order valence-electron chi connectivity index (χ3n) is 1.66. The maximum absolute atomic E-state index is 3.63. The van der Waals surface area contributed by atoms with Gasteiger partial charge in [0.25, 0.3) is 0 Å². The molecule has 0 fully saturated rings. The second-order valence-electron chi connectivity index (χ2n) is 4.33. The highest BCUT2D eigenvalue weighted by Gasteiger charge is 2.03. The van der Waals surface area contributed by atoms with E-state index in [0.29, 0.717) is 0 Å². The molecule has 0 unspecified atom stereocenters. The molecule has 0 amide bonds. The molecule has 0 aromatic rings. The van der Waals surface area contributed by atoms with Crippen molar-refractivity contribution in [3.05, 3.63) is 0 Å². The largest absolute Gasteiger partial charge is 0.330 e. The van der Waals surface area contributed by atoms with Crippen LogP contribution in [0, 0.1) is 11.8 Å².